The van der Waals surface area contributed by atoms with Crippen LogP contribution in [0.3, 0.4) is 0 Å². The monoisotopic (exact) mass is 320 g/mol. The number of amides is 1. The van der Waals surface area contributed by atoms with Gasteiger partial charge >= 0.3 is 0 Å². The van der Waals surface area contributed by atoms with Crippen LogP contribution in [0.15, 0.2) is 36.5 Å². The largest absolute Gasteiger partial charge is 0.340 e. The number of benzene rings is 1. The number of alkyl halides is 1. The van der Waals surface area contributed by atoms with Crippen LogP contribution in [-0.4, -0.2) is 34.2 Å². The molecule has 1 aromatic carbocycles. The van der Waals surface area contributed by atoms with Gasteiger partial charge in [0, 0.05) is 30.0 Å². The molecule has 0 radical (unpaired) electrons. The average Bonchev–Trinajstić information content (AvgIpc) is 2.43. The number of carbonyl (C=O) groups is 1. The number of nitrogens with zero attached hydrogens (tertiary/aromatic N) is 2. The molecule has 0 saturated heterocycles. The molecule has 0 spiro atoms. The van der Waals surface area contributed by atoms with Crippen molar-refractivity contribution >= 4 is 32.6 Å². The molecule has 1 unspecified atom stereocenters. The summed E-state index contributed by atoms with van der Waals surface area (Å²) in [6, 6.07) is 9.76. The molecule has 0 aliphatic heterocycles. The van der Waals surface area contributed by atoms with Crippen LogP contribution >= 0.6 is 15.9 Å². The Hall–Kier alpha value is -1.42. The van der Waals surface area contributed by atoms with Crippen molar-refractivity contribution in [1.29, 1.82) is 0 Å². The fourth-order valence-corrected chi connectivity index (χ4v) is 2.15. The van der Waals surface area contributed by atoms with Gasteiger partial charge in [-0.1, -0.05) is 47.1 Å². The van der Waals surface area contributed by atoms with E-state index >= 15 is 0 Å². The molecule has 0 aliphatic rings. The highest BCUT2D eigenvalue weighted by atomic mass is 79.9. The van der Waals surface area contributed by atoms with Gasteiger partial charge in [-0.3, -0.25) is 9.78 Å². The van der Waals surface area contributed by atoms with Gasteiger partial charge in [-0.25, -0.2) is 0 Å². The maximum atomic E-state index is 12.4. The van der Waals surface area contributed by atoms with Crippen molar-refractivity contribution in [3.05, 3.63) is 42.2 Å². The summed E-state index contributed by atoms with van der Waals surface area (Å²) in [4.78, 5) is 18.8. The summed E-state index contributed by atoms with van der Waals surface area (Å²) in [6.45, 7) is 2.80. The van der Waals surface area contributed by atoms with E-state index in [1.54, 1.807) is 11.1 Å². The molecule has 0 saturated carbocycles. The Labute approximate surface area is 121 Å². The Morgan fingerprint density at radius 3 is 2.84 bits per heavy atom. The van der Waals surface area contributed by atoms with E-state index in [0.29, 0.717) is 10.5 Å². The van der Waals surface area contributed by atoms with Crippen molar-refractivity contribution in [2.24, 2.45) is 0 Å². The van der Waals surface area contributed by atoms with Crippen molar-refractivity contribution < 1.29 is 4.79 Å². The number of fused-ring (bicyclic) bond motifs is 1. The highest BCUT2D eigenvalue weighted by Gasteiger charge is 2.16. The lowest BCUT2D eigenvalue weighted by Crippen LogP contribution is -2.29. The van der Waals surface area contributed by atoms with Crippen LogP contribution in [0.25, 0.3) is 10.8 Å². The van der Waals surface area contributed by atoms with Gasteiger partial charge in [0.15, 0.2) is 0 Å². The zero-order valence-corrected chi connectivity index (χ0v) is 12.7. The van der Waals surface area contributed by atoms with Crippen molar-refractivity contribution in [3.63, 3.8) is 0 Å². The Morgan fingerprint density at radius 2 is 2.11 bits per heavy atom. The lowest BCUT2D eigenvalue weighted by Gasteiger charge is -2.18. The summed E-state index contributed by atoms with van der Waals surface area (Å²) in [6.07, 6.45) is 2.61. The molecule has 4 heteroatoms. The van der Waals surface area contributed by atoms with E-state index in [0.717, 1.165) is 23.7 Å². The number of rotatable bonds is 4. The number of pyridine rings is 1. The van der Waals surface area contributed by atoms with E-state index < -0.39 is 0 Å². The summed E-state index contributed by atoms with van der Waals surface area (Å²) < 4.78 is 0. The fourth-order valence-electron chi connectivity index (χ4n) is 1.94. The Kier molecular flexibility index (Phi) is 4.53. The van der Waals surface area contributed by atoms with E-state index in [-0.39, 0.29) is 5.91 Å². The van der Waals surface area contributed by atoms with Crippen LogP contribution < -0.4 is 0 Å². The first-order valence-corrected chi connectivity index (χ1v) is 7.24. The molecule has 100 valence electrons. The molecule has 0 N–H and O–H groups in total. The normalized spacial score (nSPS) is 12.4. The van der Waals surface area contributed by atoms with Crippen LogP contribution in [0, 0.1) is 0 Å². The second kappa shape index (κ2) is 6.15. The van der Waals surface area contributed by atoms with Gasteiger partial charge < -0.3 is 4.90 Å². The summed E-state index contributed by atoms with van der Waals surface area (Å²) in [5, 5.41) is 1.96. The lowest BCUT2D eigenvalue weighted by molar-refractivity contribution is 0.0790. The van der Waals surface area contributed by atoms with Crippen molar-refractivity contribution in [2.45, 2.75) is 18.2 Å². The van der Waals surface area contributed by atoms with E-state index in [9.17, 15) is 4.79 Å². The van der Waals surface area contributed by atoms with Crippen molar-refractivity contribution in [2.75, 3.05) is 13.6 Å². The van der Waals surface area contributed by atoms with Gasteiger partial charge in [0.2, 0.25) is 0 Å². The second-order valence-electron chi connectivity index (χ2n) is 4.68. The molecule has 0 bridgehead atoms. The zero-order chi connectivity index (χ0) is 13.8. The van der Waals surface area contributed by atoms with Crippen LogP contribution in [-0.2, 0) is 0 Å². The first kappa shape index (κ1) is 14.0. The van der Waals surface area contributed by atoms with Gasteiger partial charge in [0.25, 0.3) is 5.91 Å². The van der Waals surface area contributed by atoms with E-state index in [4.69, 9.17) is 0 Å². The topological polar surface area (TPSA) is 33.2 Å². The Balaban J connectivity index is 2.26. The minimum absolute atomic E-state index is 0.0232. The van der Waals surface area contributed by atoms with E-state index in [1.165, 1.54) is 0 Å². The predicted octanol–water partition coefficient (Wildman–Crippen LogP) is 3.48. The number of aromatic nitrogens is 1. The third-order valence-electron chi connectivity index (χ3n) is 3.09. The number of hydrogen-bond acceptors (Lipinski definition) is 2. The summed E-state index contributed by atoms with van der Waals surface area (Å²) in [5.41, 5.74) is 0.530. The molecule has 1 amide bonds. The van der Waals surface area contributed by atoms with Crippen LogP contribution in [0.5, 0.6) is 0 Å². The predicted molar refractivity (Wildman–Crippen MR) is 81.7 cm³/mol. The molecular weight excluding hydrogens is 304 g/mol. The number of halogens is 1. The maximum Gasteiger partial charge on any atom is 0.272 e. The van der Waals surface area contributed by atoms with Crippen LogP contribution in [0.2, 0.25) is 0 Å². The van der Waals surface area contributed by atoms with Crippen molar-refractivity contribution in [1.82, 2.24) is 9.88 Å². The molecule has 1 heterocycles. The molecule has 0 aliphatic carbocycles. The zero-order valence-electron chi connectivity index (χ0n) is 11.1. The minimum atomic E-state index is -0.0232. The number of hydrogen-bond donors (Lipinski definition) is 0. The van der Waals surface area contributed by atoms with Gasteiger partial charge in [-0.15, -0.1) is 0 Å². The minimum Gasteiger partial charge on any atom is -0.340 e. The van der Waals surface area contributed by atoms with Crippen LogP contribution in [0.4, 0.5) is 0 Å². The first-order valence-electron chi connectivity index (χ1n) is 6.33. The quantitative estimate of drug-likeness (QED) is 0.808. The molecule has 1 atom stereocenters. The summed E-state index contributed by atoms with van der Waals surface area (Å²) >= 11 is 3.49. The van der Waals surface area contributed by atoms with E-state index in [2.05, 4.69) is 27.8 Å². The van der Waals surface area contributed by atoms with Crippen LogP contribution in [0.1, 0.15) is 23.8 Å². The molecule has 2 aromatic rings. The summed E-state index contributed by atoms with van der Waals surface area (Å²) in [7, 11) is 1.82. The molecule has 0 fully saturated rings. The standard InChI is InChI=1S/C15H17BrN2O/c1-11(16)8-10-18(2)15(19)14-13-6-4-3-5-12(13)7-9-17-14/h3-7,9,11H,8,10H2,1-2H3. The summed E-state index contributed by atoms with van der Waals surface area (Å²) in [5.74, 6) is -0.0232. The van der Waals surface area contributed by atoms with Gasteiger partial charge in [-0.05, 0) is 17.9 Å². The fraction of sp³-hybridized carbons (Fsp3) is 0.333. The molecule has 1 aromatic heterocycles. The van der Waals surface area contributed by atoms with Gasteiger partial charge in [-0.2, -0.15) is 0 Å². The molecule has 3 nitrogen and oxygen atoms in total. The second-order valence-corrected chi connectivity index (χ2v) is 6.24. The van der Waals surface area contributed by atoms with E-state index in [1.807, 2.05) is 37.4 Å². The Bertz CT molecular complexity index is 578. The molecular formula is C15H17BrN2O. The average molecular weight is 321 g/mol. The third-order valence-corrected chi connectivity index (χ3v) is 3.54. The highest BCUT2D eigenvalue weighted by molar-refractivity contribution is 9.09. The van der Waals surface area contributed by atoms with Gasteiger partial charge in [0.1, 0.15) is 5.69 Å². The first-order chi connectivity index (χ1) is 9.09. The Morgan fingerprint density at radius 1 is 1.37 bits per heavy atom. The smallest absolute Gasteiger partial charge is 0.272 e. The number of carbonyl (C=O) groups excluding carboxylic acids is 1. The lowest BCUT2D eigenvalue weighted by atomic mass is 10.1. The maximum absolute atomic E-state index is 12.4. The third kappa shape index (κ3) is 3.32. The SMILES string of the molecule is CC(Br)CCN(C)C(=O)c1nccc2ccccc12. The van der Waals surface area contributed by atoms with Crippen molar-refractivity contribution in [3.8, 4) is 0 Å². The molecule has 2 rings (SSSR count). The van der Waals surface area contributed by atoms with Gasteiger partial charge in [0.05, 0.1) is 0 Å². The highest BCUT2D eigenvalue weighted by Crippen LogP contribution is 2.17. The molecule has 19 heavy (non-hydrogen) atoms.